The van der Waals surface area contributed by atoms with E-state index in [4.69, 9.17) is 0 Å². The number of nitriles is 1. The van der Waals surface area contributed by atoms with E-state index in [9.17, 15) is 20.2 Å². The zero-order valence-corrected chi connectivity index (χ0v) is 17.1. The molecule has 1 aliphatic heterocycles. The molecule has 9 nitrogen and oxygen atoms in total. The van der Waals surface area contributed by atoms with Gasteiger partial charge in [0, 0.05) is 42.8 Å². The summed E-state index contributed by atoms with van der Waals surface area (Å²) in [6, 6.07) is 17.6. The number of carbonyl (C=O) groups excluding carboxylic acids is 1. The molecule has 3 aromatic rings. The molecule has 1 N–H and O–H groups in total. The van der Waals surface area contributed by atoms with Crippen LogP contribution < -0.4 is 10.2 Å². The first kappa shape index (κ1) is 20.9. The van der Waals surface area contributed by atoms with Gasteiger partial charge in [-0.3, -0.25) is 14.9 Å². The van der Waals surface area contributed by atoms with Crippen molar-refractivity contribution in [2.75, 3.05) is 23.3 Å². The van der Waals surface area contributed by atoms with E-state index in [2.05, 4.69) is 20.2 Å². The fourth-order valence-corrected chi connectivity index (χ4v) is 3.74. The summed E-state index contributed by atoms with van der Waals surface area (Å²) in [5, 5.41) is 22.9. The van der Waals surface area contributed by atoms with Gasteiger partial charge in [-0.25, -0.2) is 9.97 Å². The lowest BCUT2D eigenvalue weighted by atomic mass is 9.95. The van der Waals surface area contributed by atoms with Gasteiger partial charge in [-0.05, 0) is 18.9 Å². The van der Waals surface area contributed by atoms with Gasteiger partial charge >= 0.3 is 0 Å². The van der Waals surface area contributed by atoms with Crippen molar-refractivity contribution in [1.29, 1.82) is 5.26 Å². The van der Waals surface area contributed by atoms with Crippen LogP contribution in [0.4, 0.5) is 17.2 Å². The number of anilines is 2. The van der Waals surface area contributed by atoms with Crippen LogP contribution in [0.3, 0.4) is 0 Å². The molecule has 0 atom stereocenters. The maximum atomic E-state index is 12.7. The van der Waals surface area contributed by atoms with Crippen molar-refractivity contribution in [3.8, 4) is 17.3 Å². The second-order valence-corrected chi connectivity index (χ2v) is 7.48. The number of nitro benzene ring substituents is 1. The van der Waals surface area contributed by atoms with Crippen LogP contribution in [0.15, 0.2) is 60.9 Å². The number of carbonyl (C=O) groups is 1. The fourth-order valence-electron chi connectivity index (χ4n) is 3.74. The Morgan fingerprint density at radius 1 is 1.12 bits per heavy atom. The number of aromatic nitrogens is 2. The van der Waals surface area contributed by atoms with Gasteiger partial charge in [-0.15, -0.1) is 0 Å². The predicted octanol–water partition coefficient (Wildman–Crippen LogP) is 3.78. The van der Waals surface area contributed by atoms with Crippen molar-refractivity contribution in [3.05, 3.63) is 76.6 Å². The molecule has 160 valence electrons. The Morgan fingerprint density at radius 3 is 2.56 bits per heavy atom. The van der Waals surface area contributed by atoms with E-state index in [0.717, 1.165) is 23.1 Å². The van der Waals surface area contributed by atoms with Gasteiger partial charge in [0.05, 0.1) is 21.9 Å². The molecular weight excluding hydrogens is 408 g/mol. The highest BCUT2D eigenvalue weighted by Crippen LogP contribution is 2.27. The second-order valence-electron chi connectivity index (χ2n) is 7.48. The summed E-state index contributed by atoms with van der Waals surface area (Å²) in [7, 11) is 0. The predicted molar refractivity (Wildman–Crippen MR) is 119 cm³/mol. The van der Waals surface area contributed by atoms with Crippen molar-refractivity contribution >= 4 is 23.1 Å². The second kappa shape index (κ2) is 9.22. The third-order valence-corrected chi connectivity index (χ3v) is 5.50. The number of amides is 1. The number of benzene rings is 2. The van der Waals surface area contributed by atoms with E-state index in [1.165, 1.54) is 12.1 Å². The van der Waals surface area contributed by atoms with E-state index in [1.54, 1.807) is 6.33 Å². The maximum absolute atomic E-state index is 12.7. The van der Waals surface area contributed by atoms with Gasteiger partial charge < -0.3 is 10.2 Å². The Kier molecular flexibility index (Phi) is 6.03. The third-order valence-electron chi connectivity index (χ3n) is 5.50. The average Bonchev–Trinajstić information content (AvgIpc) is 2.85. The lowest BCUT2D eigenvalue weighted by molar-refractivity contribution is -0.384. The van der Waals surface area contributed by atoms with Crippen LogP contribution in [0.25, 0.3) is 11.3 Å². The molecule has 32 heavy (non-hydrogen) atoms. The highest BCUT2D eigenvalue weighted by Gasteiger charge is 2.26. The molecule has 0 spiro atoms. The number of rotatable bonds is 5. The van der Waals surface area contributed by atoms with Gasteiger partial charge in [0.25, 0.3) is 5.69 Å². The molecule has 0 bridgehead atoms. The lowest BCUT2D eigenvalue weighted by Crippen LogP contribution is -2.38. The summed E-state index contributed by atoms with van der Waals surface area (Å²) in [5.74, 6) is 0.408. The van der Waals surface area contributed by atoms with E-state index in [-0.39, 0.29) is 28.8 Å². The standard InChI is InChI=1S/C23H20N6O3/c24-14-18-12-19(29(31)32)6-7-20(18)27-23(30)17-8-10-28(11-9-17)22-13-21(25-15-26-22)16-4-2-1-3-5-16/h1-7,12-13,15,17H,8-11H2,(H,27,30). The molecule has 1 saturated heterocycles. The van der Waals surface area contributed by atoms with Crippen molar-refractivity contribution in [2.45, 2.75) is 12.8 Å². The van der Waals surface area contributed by atoms with Crippen LogP contribution in [-0.4, -0.2) is 33.9 Å². The first-order chi connectivity index (χ1) is 15.5. The normalized spacial score (nSPS) is 13.9. The number of nitrogens with zero attached hydrogens (tertiary/aromatic N) is 5. The average molecular weight is 428 g/mol. The van der Waals surface area contributed by atoms with Crippen molar-refractivity contribution in [1.82, 2.24) is 9.97 Å². The smallest absolute Gasteiger partial charge is 0.270 e. The Morgan fingerprint density at radius 2 is 1.88 bits per heavy atom. The molecule has 2 aromatic carbocycles. The van der Waals surface area contributed by atoms with Crippen LogP contribution in [-0.2, 0) is 4.79 Å². The largest absolute Gasteiger partial charge is 0.356 e. The zero-order valence-electron chi connectivity index (χ0n) is 17.1. The van der Waals surface area contributed by atoms with Crippen molar-refractivity contribution in [3.63, 3.8) is 0 Å². The Bertz CT molecular complexity index is 1180. The molecule has 0 radical (unpaired) electrons. The van der Waals surface area contributed by atoms with E-state index < -0.39 is 4.92 Å². The molecule has 0 aliphatic carbocycles. The number of piperidine rings is 1. The third kappa shape index (κ3) is 4.54. The quantitative estimate of drug-likeness (QED) is 0.484. The van der Waals surface area contributed by atoms with E-state index >= 15 is 0 Å². The summed E-state index contributed by atoms with van der Waals surface area (Å²) in [5.41, 5.74) is 2.03. The minimum atomic E-state index is -0.571. The summed E-state index contributed by atoms with van der Waals surface area (Å²) < 4.78 is 0. The first-order valence-corrected chi connectivity index (χ1v) is 10.2. The first-order valence-electron chi connectivity index (χ1n) is 10.2. The molecule has 2 heterocycles. The fraction of sp³-hybridized carbons (Fsp3) is 0.217. The molecular formula is C23H20N6O3. The minimum absolute atomic E-state index is 0.0689. The molecule has 0 saturated carbocycles. The van der Waals surface area contributed by atoms with Crippen LogP contribution in [0, 0.1) is 27.4 Å². The molecule has 1 amide bonds. The Hall–Kier alpha value is -4.32. The number of nitro groups is 1. The lowest BCUT2D eigenvalue weighted by Gasteiger charge is -2.32. The van der Waals surface area contributed by atoms with Gasteiger partial charge in [-0.1, -0.05) is 30.3 Å². The molecule has 0 unspecified atom stereocenters. The molecule has 1 aromatic heterocycles. The zero-order chi connectivity index (χ0) is 22.5. The molecule has 1 fully saturated rings. The summed E-state index contributed by atoms with van der Waals surface area (Å²) in [6.45, 7) is 1.32. The highest BCUT2D eigenvalue weighted by molar-refractivity contribution is 5.94. The SMILES string of the molecule is N#Cc1cc([N+](=O)[O-])ccc1NC(=O)C1CCN(c2cc(-c3ccccc3)ncn2)CC1. The molecule has 4 rings (SSSR count). The minimum Gasteiger partial charge on any atom is -0.356 e. The topological polar surface area (TPSA) is 125 Å². The molecule has 1 aliphatic rings. The van der Waals surface area contributed by atoms with Crippen LogP contribution in [0.2, 0.25) is 0 Å². The number of hydrogen-bond acceptors (Lipinski definition) is 7. The van der Waals surface area contributed by atoms with Crippen molar-refractivity contribution < 1.29 is 9.72 Å². The number of hydrogen-bond donors (Lipinski definition) is 1. The van der Waals surface area contributed by atoms with Gasteiger partial charge in [0.1, 0.15) is 18.2 Å². The van der Waals surface area contributed by atoms with Crippen LogP contribution >= 0.6 is 0 Å². The van der Waals surface area contributed by atoms with Crippen LogP contribution in [0.1, 0.15) is 18.4 Å². The summed E-state index contributed by atoms with van der Waals surface area (Å²) in [6.07, 6.45) is 2.81. The van der Waals surface area contributed by atoms with Gasteiger partial charge in [-0.2, -0.15) is 5.26 Å². The number of nitrogens with one attached hydrogen (secondary N) is 1. The van der Waals surface area contributed by atoms with E-state index in [0.29, 0.717) is 25.9 Å². The Balaban J connectivity index is 1.40. The van der Waals surface area contributed by atoms with Gasteiger partial charge in [0.2, 0.25) is 5.91 Å². The monoisotopic (exact) mass is 428 g/mol. The van der Waals surface area contributed by atoms with Gasteiger partial charge in [0.15, 0.2) is 0 Å². The molecule has 9 heteroatoms. The van der Waals surface area contributed by atoms with Crippen molar-refractivity contribution in [2.24, 2.45) is 5.92 Å². The highest BCUT2D eigenvalue weighted by atomic mass is 16.6. The summed E-state index contributed by atoms with van der Waals surface area (Å²) >= 11 is 0. The number of non-ortho nitro benzene ring substituents is 1. The van der Waals surface area contributed by atoms with Crippen LogP contribution in [0.5, 0.6) is 0 Å². The van der Waals surface area contributed by atoms with E-state index in [1.807, 2.05) is 42.5 Å². The summed E-state index contributed by atoms with van der Waals surface area (Å²) in [4.78, 5) is 33.9. The Labute approximate surface area is 184 Å². The maximum Gasteiger partial charge on any atom is 0.270 e.